The highest BCUT2D eigenvalue weighted by Crippen LogP contribution is 2.10. The lowest BCUT2D eigenvalue weighted by Crippen LogP contribution is -2.40. The van der Waals surface area contributed by atoms with Crippen molar-refractivity contribution in [1.29, 1.82) is 0 Å². The number of hydrogen-bond acceptors (Lipinski definition) is 4. The number of nitrogens with one attached hydrogen (secondary N) is 2. The molecule has 1 unspecified atom stereocenters. The Balaban J connectivity index is 0.00000441. The molecular formula is C13H27IN6OS. The van der Waals surface area contributed by atoms with Crippen LogP contribution < -0.4 is 10.6 Å². The van der Waals surface area contributed by atoms with E-state index in [0.29, 0.717) is 24.8 Å². The zero-order valence-electron chi connectivity index (χ0n) is 13.9. The van der Waals surface area contributed by atoms with Gasteiger partial charge in [-0.2, -0.15) is 5.10 Å². The van der Waals surface area contributed by atoms with Gasteiger partial charge in [0, 0.05) is 41.4 Å². The van der Waals surface area contributed by atoms with Gasteiger partial charge in [-0.05, 0) is 27.7 Å². The first-order valence-corrected chi connectivity index (χ1v) is 8.40. The van der Waals surface area contributed by atoms with E-state index in [0.717, 1.165) is 12.4 Å². The van der Waals surface area contributed by atoms with Crippen LogP contribution in [-0.2, 0) is 24.4 Å². The molecule has 22 heavy (non-hydrogen) atoms. The topological polar surface area (TPSA) is 84.2 Å². The Bertz CT molecular complexity index is 497. The number of aliphatic imine (C=N–C) groups is 1. The third-order valence-corrected chi connectivity index (χ3v) is 4.73. The van der Waals surface area contributed by atoms with E-state index in [9.17, 15) is 4.21 Å². The quantitative estimate of drug-likeness (QED) is 0.391. The van der Waals surface area contributed by atoms with Crippen LogP contribution in [0.15, 0.2) is 11.3 Å². The summed E-state index contributed by atoms with van der Waals surface area (Å²) in [4.78, 5) is 8.58. The number of aromatic nitrogens is 3. The second-order valence-electron chi connectivity index (χ2n) is 5.58. The van der Waals surface area contributed by atoms with Crippen LogP contribution >= 0.6 is 24.0 Å². The Morgan fingerprint density at radius 1 is 1.41 bits per heavy atom. The molecule has 0 aliphatic heterocycles. The Labute approximate surface area is 152 Å². The van der Waals surface area contributed by atoms with E-state index >= 15 is 0 Å². The minimum Gasteiger partial charge on any atom is -0.357 e. The summed E-state index contributed by atoms with van der Waals surface area (Å²) in [6.45, 7) is 9.80. The van der Waals surface area contributed by atoms with Crippen LogP contribution in [0.5, 0.6) is 0 Å². The van der Waals surface area contributed by atoms with Crippen molar-refractivity contribution < 1.29 is 4.21 Å². The number of aryl methyl sites for hydroxylation is 1. The molecule has 0 aliphatic rings. The fourth-order valence-electron chi connectivity index (χ4n) is 1.52. The molecule has 1 atom stereocenters. The maximum absolute atomic E-state index is 12.0. The first kappa shape index (κ1) is 21.3. The maximum atomic E-state index is 12.0. The van der Waals surface area contributed by atoms with Gasteiger partial charge in [-0.3, -0.25) is 8.89 Å². The average molecular weight is 442 g/mol. The van der Waals surface area contributed by atoms with Gasteiger partial charge < -0.3 is 10.6 Å². The van der Waals surface area contributed by atoms with Gasteiger partial charge in [-0.25, -0.2) is 9.98 Å². The van der Waals surface area contributed by atoms with E-state index in [-0.39, 0.29) is 28.7 Å². The van der Waals surface area contributed by atoms with E-state index in [1.54, 1.807) is 4.68 Å². The standard InChI is InChI=1S/C13H26N6OS.HI/c1-6-14-12(15-7-8-21(20)13(2,3)4)16-9-11-17-10-18-19(11)5;/h10H,6-9H2,1-5H3,(H2,14,15,16);1H. The highest BCUT2D eigenvalue weighted by atomic mass is 127. The van der Waals surface area contributed by atoms with Gasteiger partial charge in [0.2, 0.25) is 0 Å². The SMILES string of the molecule is CCNC(=NCc1ncnn1C)NCCS(=O)C(C)(C)C.I. The average Bonchev–Trinajstić information content (AvgIpc) is 2.80. The third kappa shape index (κ3) is 7.52. The summed E-state index contributed by atoms with van der Waals surface area (Å²) < 4.78 is 13.5. The molecular weight excluding hydrogens is 415 g/mol. The van der Waals surface area contributed by atoms with Crippen molar-refractivity contribution in [2.24, 2.45) is 12.0 Å². The molecule has 0 bridgehead atoms. The molecule has 0 fully saturated rings. The fraction of sp³-hybridized carbons (Fsp3) is 0.769. The highest BCUT2D eigenvalue weighted by molar-refractivity contribution is 14.0. The van der Waals surface area contributed by atoms with Gasteiger partial charge in [-0.1, -0.05) is 0 Å². The van der Waals surface area contributed by atoms with Gasteiger partial charge >= 0.3 is 0 Å². The maximum Gasteiger partial charge on any atom is 0.191 e. The fourth-order valence-corrected chi connectivity index (χ4v) is 2.42. The smallest absolute Gasteiger partial charge is 0.191 e. The third-order valence-electron chi connectivity index (χ3n) is 2.79. The van der Waals surface area contributed by atoms with Crippen LogP contribution in [0.4, 0.5) is 0 Å². The Kier molecular flexibility index (Phi) is 9.81. The zero-order chi connectivity index (χ0) is 15.9. The number of nitrogens with zero attached hydrogens (tertiary/aromatic N) is 4. The Hall–Kier alpha value is -0.710. The lowest BCUT2D eigenvalue weighted by molar-refractivity contribution is 0.647. The Morgan fingerprint density at radius 3 is 2.59 bits per heavy atom. The van der Waals surface area contributed by atoms with Gasteiger partial charge in [0.15, 0.2) is 5.96 Å². The Morgan fingerprint density at radius 2 is 2.09 bits per heavy atom. The molecule has 128 valence electrons. The van der Waals surface area contributed by atoms with Crippen LogP contribution in [0.2, 0.25) is 0 Å². The molecule has 0 spiro atoms. The normalized spacial score (nSPS) is 13.4. The number of hydrogen-bond donors (Lipinski definition) is 2. The van der Waals surface area contributed by atoms with Crippen molar-refractivity contribution in [1.82, 2.24) is 25.4 Å². The van der Waals surface area contributed by atoms with Crippen molar-refractivity contribution >= 4 is 40.7 Å². The van der Waals surface area contributed by atoms with E-state index in [2.05, 4.69) is 25.7 Å². The monoisotopic (exact) mass is 442 g/mol. The van der Waals surface area contributed by atoms with E-state index in [1.165, 1.54) is 6.33 Å². The summed E-state index contributed by atoms with van der Waals surface area (Å²) in [6.07, 6.45) is 1.51. The highest BCUT2D eigenvalue weighted by Gasteiger charge is 2.18. The van der Waals surface area contributed by atoms with Gasteiger partial charge in [-0.15, -0.1) is 24.0 Å². The van der Waals surface area contributed by atoms with Crippen LogP contribution in [-0.4, -0.2) is 48.5 Å². The molecule has 0 aliphatic carbocycles. The molecule has 0 radical (unpaired) electrons. The van der Waals surface area contributed by atoms with Crippen LogP contribution in [0.1, 0.15) is 33.5 Å². The first-order chi connectivity index (χ1) is 9.84. The second kappa shape index (κ2) is 10.1. The van der Waals surface area contributed by atoms with Crippen LogP contribution in [0, 0.1) is 0 Å². The summed E-state index contributed by atoms with van der Waals surface area (Å²) in [5.74, 6) is 2.09. The largest absolute Gasteiger partial charge is 0.357 e. The lowest BCUT2D eigenvalue weighted by Gasteiger charge is -2.18. The van der Waals surface area contributed by atoms with Gasteiger partial charge in [0.05, 0.1) is 0 Å². The van der Waals surface area contributed by atoms with E-state index in [4.69, 9.17) is 0 Å². The lowest BCUT2D eigenvalue weighted by atomic mass is 10.3. The van der Waals surface area contributed by atoms with Crippen LogP contribution in [0.3, 0.4) is 0 Å². The van der Waals surface area contributed by atoms with E-state index in [1.807, 2.05) is 34.7 Å². The molecule has 1 aromatic rings. The molecule has 1 rings (SSSR count). The van der Waals surface area contributed by atoms with Crippen molar-refractivity contribution in [3.63, 3.8) is 0 Å². The zero-order valence-corrected chi connectivity index (χ0v) is 17.1. The van der Waals surface area contributed by atoms with Crippen molar-refractivity contribution in [3.8, 4) is 0 Å². The molecule has 0 saturated heterocycles. The molecule has 7 nitrogen and oxygen atoms in total. The molecule has 0 saturated carbocycles. The predicted octanol–water partition coefficient (Wildman–Crippen LogP) is 1.04. The van der Waals surface area contributed by atoms with Crippen molar-refractivity contribution in [2.45, 2.75) is 39.0 Å². The summed E-state index contributed by atoms with van der Waals surface area (Å²) >= 11 is 0. The summed E-state index contributed by atoms with van der Waals surface area (Å²) in [5.41, 5.74) is 0. The number of halogens is 1. The van der Waals surface area contributed by atoms with Gasteiger partial charge in [0.25, 0.3) is 0 Å². The predicted molar refractivity (Wildman–Crippen MR) is 102 cm³/mol. The molecule has 2 N–H and O–H groups in total. The minimum atomic E-state index is -0.867. The first-order valence-electron chi connectivity index (χ1n) is 7.08. The van der Waals surface area contributed by atoms with Gasteiger partial charge in [0.1, 0.15) is 18.7 Å². The van der Waals surface area contributed by atoms with Crippen molar-refractivity contribution in [2.75, 3.05) is 18.8 Å². The molecule has 0 amide bonds. The summed E-state index contributed by atoms with van der Waals surface area (Å²) in [5, 5.41) is 10.4. The number of guanidine groups is 1. The van der Waals surface area contributed by atoms with E-state index < -0.39 is 10.8 Å². The summed E-state index contributed by atoms with van der Waals surface area (Å²) in [7, 11) is 0.971. The molecule has 1 aromatic heterocycles. The molecule has 9 heteroatoms. The second-order valence-corrected chi connectivity index (χ2v) is 7.91. The van der Waals surface area contributed by atoms with Crippen LogP contribution in [0.25, 0.3) is 0 Å². The summed E-state index contributed by atoms with van der Waals surface area (Å²) in [6, 6.07) is 0. The molecule has 0 aromatic carbocycles. The molecule has 1 heterocycles. The van der Waals surface area contributed by atoms with Crippen molar-refractivity contribution in [3.05, 3.63) is 12.2 Å². The number of rotatable bonds is 6. The minimum absolute atomic E-state index is 0.